The van der Waals surface area contributed by atoms with E-state index in [9.17, 15) is 8.42 Å². The predicted molar refractivity (Wildman–Crippen MR) is 105 cm³/mol. The molecule has 1 atom stereocenters. The van der Waals surface area contributed by atoms with Crippen LogP contribution >= 0.6 is 0 Å². The first-order valence-electron chi connectivity index (χ1n) is 8.65. The molecule has 1 aliphatic rings. The van der Waals surface area contributed by atoms with E-state index in [4.69, 9.17) is 4.74 Å². The maximum absolute atomic E-state index is 13.4. The van der Waals surface area contributed by atoms with E-state index < -0.39 is 16.2 Å². The summed E-state index contributed by atoms with van der Waals surface area (Å²) in [6.45, 7) is 0.270. The summed E-state index contributed by atoms with van der Waals surface area (Å²) in [6.07, 6.45) is -0.528. The second kappa shape index (κ2) is 7.06. The molecule has 1 aliphatic heterocycles. The third-order valence-electron chi connectivity index (χ3n) is 4.64. The average molecular weight is 380 g/mol. The van der Waals surface area contributed by atoms with Crippen molar-refractivity contribution in [1.82, 2.24) is 4.31 Å². The molecule has 138 valence electrons. The zero-order valence-electron chi connectivity index (χ0n) is 14.9. The third kappa shape index (κ3) is 3.29. The lowest BCUT2D eigenvalue weighted by molar-refractivity contribution is 0.334. The SMILES string of the molecule is COc1cccc([C@@H]2Nc3ccccc3S(=O)(=O)N2Cc2ccccc2)c1. The second-order valence-corrected chi connectivity index (χ2v) is 8.21. The zero-order valence-corrected chi connectivity index (χ0v) is 15.7. The number of para-hydroxylation sites is 1. The molecule has 4 rings (SSSR count). The molecular formula is C21H20N2O3S. The molecule has 3 aromatic rings. The number of benzene rings is 3. The lowest BCUT2D eigenvalue weighted by Gasteiger charge is -2.37. The van der Waals surface area contributed by atoms with Crippen molar-refractivity contribution in [3.8, 4) is 5.75 Å². The topological polar surface area (TPSA) is 58.6 Å². The van der Waals surface area contributed by atoms with Gasteiger partial charge in [0.05, 0.1) is 12.8 Å². The van der Waals surface area contributed by atoms with E-state index in [0.717, 1.165) is 11.1 Å². The highest BCUT2D eigenvalue weighted by Gasteiger charge is 2.38. The number of rotatable bonds is 4. The van der Waals surface area contributed by atoms with E-state index in [1.54, 1.807) is 25.3 Å². The molecule has 0 radical (unpaired) electrons. The number of nitrogens with one attached hydrogen (secondary N) is 1. The fourth-order valence-corrected chi connectivity index (χ4v) is 4.98. The minimum absolute atomic E-state index is 0.270. The number of hydrogen-bond donors (Lipinski definition) is 1. The van der Waals surface area contributed by atoms with Crippen LogP contribution in [-0.4, -0.2) is 19.8 Å². The van der Waals surface area contributed by atoms with E-state index >= 15 is 0 Å². The molecule has 0 amide bonds. The molecule has 5 nitrogen and oxygen atoms in total. The monoisotopic (exact) mass is 380 g/mol. The first kappa shape index (κ1) is 17.6. The van der Waals surface area contributed by atoms with E-state index in [1.807, 2.05) is 60.7 Å². The van der Waals surface area contributed by atoms with Crippen molar-refractivity contribution < 1.29 is 13.2 Å². The molecule has 0 bridgehead atoms. The number of methoxy groups -OCH3 is 1. The van der Waals surface area contributed by atoms with Gasteiger partial charge in [0.25, 0.3) is 0 Å². The zero-order chi connectivity index (χ0) is 18.9. The lowest BCUT2D eigenvalue weighted by Crippen LogP contribution is -2.42. The minimum Gasteiger partial charge on any atom is -0.497 e. The summed E-state index contributed by atoms with van der Waals surface area (Å²) in [5.41, 5.74) is 2.35. The molecular weight excluding hydrogens is 360 g/mol. The normalized spacial score (nSPS) is 18.3. The fraction of sp³-hybridized carbons (Fsp3) is 0.143. The number of fused-ring (bicyclic) bond motifs is 1. The molecule has 0 fully saturated rings. The van der Waals surface area contributed by atoms with Gasteiger partial charge in [-0.1, -0.05) is 54.6 Å². The van der Waals surface area contributed by atoms with Crippen LogP contribution in [0.1, 0.15) is 17.3 Å². The van der Waals surface area contributed by atoms with Gasteiger partial charge in [0, 0.05) is 6.54 Å². The fourth-order valence-electron chi connectivity index (χ4n) is 3.30. The first-order chi connectivity index (χ1) is 13.1. The Morgan fingerprint density at radius 1 is 0.963 bits per heavy atom. The Labute approximate surface area is 159 Å². The van der Waals surface area contributed by atoms with Crippen molar-refractivity contribution in [3.63, 3.8) is 0 Å². The summed E-state index contributed by atoms with van der Waals surface area (Å²) in [7, 11) is -2.07. The molecule has 27 heavy (non-hydrogen) atoms. The number of sulfonamides is 1. The molecule has 1 heterocycles. The van der Waals surface area contributed by atoms with Crippen LogP contribution in [-0.2, 0) is 16.6 Å². The van der Waals surface area contributed by atoms with Crippen LogP contribution < -0.4 is 10.1 Å². The largest absolute Gasteiger partial charge is 0.497 e. The molecule has 3 aromatic carbocycles. The van der Waals surface area contributed by atoms with E-state index in [0.29, 0.717) is 16.3 Å². The van der Waals surface area contributed by atoms with Crippen molar-refractivity contribution in [2.24, 2.45) is 0 Å². The molecule has 0 aliphatic carbocycles. The Balaban J connectivity index is 1.84. The van der Waals surface area contributed by atoms with Gasteiger partial charge in [0.1, 0.15) is 16.8 Å². The van der Waals surface area contributed by atoms with Crippen LogP contribution in [0.3, 0.4) is 0 Å². The van der Waals surface area contributed by atoms with Gasteiger partial charge in [-0.05, 0) is 35.4 Å². The number of ether oxygens (including phenoxy) is 1. The van der Waals surface area contributed by atoms with Gasteiger partial charge in [-0.25, -0.2) is 8.42 Å². The summed E-state index contributed by atoms with van der Waals surface area (Å²) >= 11 is 0. The average Bonchev–Trinajstić information content (AvgIpc) is 2.71. The molecule has 0 aromatic heterocycles. The van der Waals surface area contributed by atoms with Gasteiger partial charge in [-0.15, -0.1) is 0 Å². The van der Waals surface area contributed by atoms with Crippen molar-refractivity contribution in [2.45, 2.75) is 17.6 Å². The van der Waals surface area contributed by atoms with Gasteiger partial charge < -0.3 is 10.1 Å². The second-order valence-electron chi connectivity index (χ2n) is 6.36. The predicted octanol–water partition coefficient (Wildman–Crippen LogP) is 4.01. The van der Waals surface area contributed by atoms with Gasteiger partial charge in [-0.2, -0.15) is 4.31 Å². The van der Waals surface area contributed by atoms with Crippen molar-refractivity contribution in [1.29, 1.82) is 0 Å². The smallest absolute Gasteiger partial charge is 0.247 e. The maximum Gasteiger partial charge on any atom is 0.247 e. The Bertz CT molecular complexity index is 1050. The first-order valence-corrected chi connectivity index (χ1v) is 10.1. The van der Waals surface area contributed by atoms with Crippen molar-refractivity contribution >= 4 is 15.7 Å². The molecule has 0 spiro atoms. The highest BCUT2D eigenvalue weighted by molar-refractivity contribution is 7.89. The Morgan fingerprint density at radius 2 is 1.70 bits per heavy atom. The van der Waals surface area contributed by atoms with Crippen molar-refractivity contribution in [2.75, 3.05) is 12.4 Å². The van der Waals surface area contributed by atoms with Gasteiger partial charge in [-0.3, -0.25) is 0 Å². The third-order valence-corrected chi connectivity index (χ3v) is 6.51. The number of hydrogen-bond acceptors (Lipinski definition) is 4. The molecule has 0 saturated heterocycles. The van der Waals surface area contributed by atoms with Crippen molar-refractivity contribution in [3.05, 3.63) is 90.0 Å². The summed E-state index contributed by atoms with van der Waals surface area (Å²) in [5.74, 6) is 0.685. The molecule has 6 heteroatoms. The quantitative estimate of drug-likeness (QED) is 0.743. The maximum atomic E-state index is 13.4. The van der Waals surface area contributed by atoms with Crippen LogP contribution in [0.15, 0.2) is 83.8 Å². The molecule has 0 unspecified atom stereocenters. The Hall–Kier alpha value is -2.83. The highest BCUT2D eigenvalue weighted by Crippen LogP contribution is 2.39. The van der Waals surface area contributed by atoms with E-state index in [1.165, 1.54) is 4.31 Å². The van der Waals surface area contributed by atoms with E-state index in [-0.39, 0.29) is 6.54 Å². The Kier molecular flexibility index (Phi) is 4.59. The van der Waals surface area contributed by atoms with Crippen LogP contribution in [0.5, 0.6) is 5.75 Å². The summed E-state index contributed by atoms with van der Waals surface area (Å²) in [6, 6.07) is 24.1. The van der Waals surface area contributed by atoms with Gasteiger partial charge in [0.2, 0.25) is 10.0 Å². The van der Waals surface area contributed by atoms with Crippen LogP contribution in [0, 0.1) is 0 Å². The molecule has 1 N–H and O–H groups in total. The molecule has 0 saturated carbocycles. The number of nitrogens with zero attached hydrogens (tertiary/aromatic N) is 1. The summed E-state index contributed by atoms with van der Waals surface area (Å²) in [5, 5.41) is 3.38. The summed E-state index contributed by atoms with van der Waals surface area (Å²) in [4.78, 5) is 0.292. The van der Waals surface area contributed by atoms with Crippen LogP contribution in [0.2, 0.25) is 0 Å². The van der Waals surface area contributed by atoms with Gasteiger partial charge >= 0.3 is 0 Å². The van der Waals surface area contributed by atoms with Crippen LogP contribution in [0.4, 0.5) is 5.69 Å². The lowest BCUT2D eigenvalue weighted by atomic mass is 10.1. The van der Waals surface area contributed by atoms with Gasteiger partial charge in [0.15, 0.2) is 0 Å². The summed E-state index contributed by atoms with van der Waals surface area (Å²) < 4.78 is 33.6. The number of anilines is 1. The Morgan fingerprint density at radius 3 is 2.48 bits per heavy atom. The minimum atomic E-state index is -3.67. The van der Waals surface area contributed by atoms with E-state index in [2.05, 4.69) is 5.32 Å². The standard InChI is InChI=1S/C21H20N2O3S/c1-26-18-11-7-10-17(14-18)21-22-19-12-5-6-13-20(19)27(24,25)23(21)15-16-8-3-2-4-9-16/h2-14,21-22H,15H2,1H3/t21-/m1/s1. The van der Waals surface area contributed by atoms with Crippen LogP contribution in [0.25, 0.3) is 0 Å². The highest BCUT2D eigenvalue weighted by atomic mass is 32.2.